The Kier molecular flexibility index (Phi) is 3.86. The van der Waals surface area contributed by atoms with E-state index in [4.69, 9.17) is 4.74 Å². The van der Waals surface area contributed by atoms with Crippen molar-refractivity contribution in [2.75, 3.05) is 6.61 Å². The summed E-state index contributed by atoms with van der Waals surface area (Å²) in [7, 11) is 0. The topological polar surface area (TPSA) is 29.5 Å². The van der Waals surface area contributed by atoms with Crippen LogP contribution in [-0.4, -0.2) is 17.8 Å². The molecule has 0 radical (unpaired) electrons. The summed E-state index contributed by atoms with van der Waals surface area (Å²) in [6.45, 7) is 0.614. The Morgan fingerprint density at radius 2 is 1.65 bits per heavy atom. The molecule has 1 N–H and O–H groups in total. The van der Waals surface area contributed by atoms with E-state index in [9.17, 15) is 5.11 Å². The molecule has 0 aliphatic carbocycles. The van der Waals surface area contributed by atoms with Crippen molar-refractivity contribution in [3.63, 3.8) is 0 Å². The van der Waals surface area contributed by atoms with Crippen LogP contribution in [-0.2, 0) is 16.8 Å². The normalized spacial score (nSPS) is 26.4. The van der Waals surface area contributed by atoms with Gasteiger partial charge >= 0.3 is 0 Å². The Bertz CT molecular complexity index is 538. The van der Waals surface area contributed by atoms with Gasteiger partial charge < -0.3 is 9.84 Å². The fraction of sp³-hybridized carbons (Fsp3) is 0.333. The molecule has 20 heavy (non-hydrogen) atoms. The van der Waals surface area contributed by atoms with Crippen molar-refractivity contribution in [1.82, 2.24) is 0 Å². The number of hydrogen-bond acceptors (Lipinski definition) is 2. The molecule has 2 unspecified atom stereocenters. The predicted molar refractivity (Wildman–Crippen MR) is 79.5 cm³/mol. The lowest BCUT2D eigenvalue weighted by Gasteiger charge is -2.40. The van der Waals surface area contributed by atoms with Gasteiger partial charge in [0.25, 0.3) is 0 Å². The highest BCUT2D eigenvalue weighted by molar-refractivity contribution is 5.28. The molecule has 2 atom stereocenters. The zero-order valence-corrected chi connectivity index (χ0v) is 11.5. The van der Waals surface area contributed by atoms with Gasteiger partial charge in [-0.1, -0.05) is 60.7 Å². The van der Waals surface area contributed by atoms with E-state index in [2.05, 4.69) is 24.3 Å². The molecular weight excluding hydrogens is 248 g/mol. The SMILES string of the molecule is OC1CCOC(Cc2ccccc2)(c2ccccc2)C1. The molecule has 0 aromatic heterocycles. The summed E-state index contributed by atoms with van der Waals surface area (Å²) in [5.41, 5.74) is 1.99. The molecule has 1 fully saturated rings. The second kappa shape index (κ2) is 5.78. The number of benzene rings is 2. The zero-order valence-electron chi connectivity index (χ0n) is 11.5. The maximum Gasteiger partial charge on any atom is 0.0996 e. The third-order valence-corrected chi connectivity index (χ3v) is 4.03. The van der Waals surface area contributed by atoms with Crippen LogP contribution in [0.2, 0.25) is 0 Å². The van der Waals surface area contributed by atoms with E-state index in [1.807, 2.05) is 36.4 Å². The van der Waals surface area contributed by atoms with Crippen molar-refractivity contribution in [3.8, 4) is 0 Å². The van der Waals surface area contributed by atoms with E-state index in [1.54, 1.807) is 0 Å². The van der Waals surface area contributed by atoms with E-state index in [0.29, 0.717) is 13.0 Å². The maximum absolute atomic E-state index is 10.1. The molecule has 1 aliphatic heterocycles. The van der Waals surface area contributed by atoms with Crippen LogP contribution in [0.15, 0.2) is 60.7 Å². The summed E-state index contributed by atoms with van der Waals surface area (Å²) >= 11 is 0. The largest absolute Gasteiger partial charge is 0.393 e. The number of aliphatic hydroxyl groups is 1. The highest BCUT2D eigenvalue weighted by atomic mass is 16.5. The second-order valence-electron chi connectivity index (χ2n) is 5.52. The fourth-order valence-corrected chi connectivity index (χ4v) is 3.03. The molecule has 2 nitrogen and oxygen atoms in total. The zero-order chi connectivity index (χ0) is 13.8. The monoisotopic (exact) mass is 268 g/mol. The predicted octanol–water partition coefficient (Wildman–Crippen LogP) is 3.30. The van der Waals surface area contributed by atoms with Gasteiger partial charge in [-0.3, -0.25) is 0 Å². The lowest BCUT2D eigenvalue weighted by molar-refractivity contribution is -0.123. The Hall–Kier alpha value is -1.64. The van der Waals surface area contributed by atoms with E-state index in [1.165, 1.54) is 5.56 Å². The maximum atomic E-state index is 10.1. The van der Waals surface area contributed by atoms with Crippen LogP contribution in [0.5, 0.6) is 0 Å². The standard InChI is InChI=1S/C18H20O2/c19-17-11-12-20-18(14-17,16-9-5-2-6-10-16)13-15-7-3-1-4-8-15/h1-10,17,19H,11-14H2. The number of rotatable bonds is 3. The minimum atomic E-state index is -0.402. The average Bonchev–Trinajstić information content (AvgIpc) is 2.49. The Balaban J connectivity index is 1.95. The Morgan fingerprint density at radius 1 is 1.00 bits per heavy atom. The number of ether oxygens (including phenoxy) is 1. The summed E-state index contributed by atoms with van der Waals surface area (Å²) in [5.74, 6) is 0. The molecule has 0 saturated carbocycles. The fourth-order valence-electron chi connectivity index (χ4n) is 3.03. The molecular formula is C18H20O2. The highest BCUT2D eigenvalue weighted by Crippen LogP contribution is 2.38. The van der Waals surface area contributed by atoms with Gasteiger partial charge in [-0.2, -0.15) is 0 Å². The summed E-state index contributed by atoms with van der Waals surface area (Å²) < 4.78 is 6.17. The van der Waals surface area contributed by atoms with Crippen LogP contribution in [0.25, 0.3) is 0 Å². The summed E-state index contributed by atoms with van der Waals surface area (Å²) in [4.78, 5) is 0. The van der Waals surface area contributed by atoms with Crippen molar-refractivity contribution in [3.05, 3.63) is 71.8 Å². The molecule has 2 aromatic rings. The van der Waals surface area contributed by atoms with E-state index < -0.39 is 5.60 Å². The molecule has 1 heterocycles. The summed E-state index contributed by atoms with van der Waals surface area (Å²) in [6, 6.07) is 20.6. The summed E-state index contributed by atoms with van der Waals surface area (Å²) in [5, 5.41) is 10.1. The quantitative estimate of drug-likeness (QED) is 0.925. The molecule has 2 heteroatoms. The lowest BCUT2D eigenvalue weighted by Crippen LogP contribution is -2.41. The molecule has 1 aliphatic rings. The van der Waals surface area contributed by atoms with Crippen LogP contribution < -0.4 is 0 Å². The summed E-state index contributed by atoms with van der Waals surface area (Å²) in [6.07, 6.45) is 1.90. The van der Waals surface area contributed by atoms with Crippen LogP contribution in [0.1, 0.15) is 24.0 Å². The second-order valence-corrected chi connectivity index (χ2v) is 5.52. The van der Waals surface area contributed by atoms with Crippen LogP contribution >= 0.6 is 0 Å². The van der Waals surface area contributed by atoms with Gasteiger partial charge in [0.15, 0.2) is 0 Å². The van der Waals surface area contributed by atoms with Gasteiger partial charge in [0, 0.05) is 12.8 Å². The van der Waals surface area contributed by atoms with Crippen molar-refractivity contribution in [2.45, 2.75) is 31.0 Å². The first kappa shape index (κ1) is 13.3. The van der Waals surface area contributed by atoms with Crippen LogP contribution in [0.3, 0.4) is 0 Å². The van der Waals surface area contributed by atoms with Gasteiger partial charge in [0.05, 0.1) is 18.3 Å². The first-order chi connectivity index (χ1) is 9.78. The minimum Gasteiger partial charge on any atom is -0.393 e. The minimum absolute atomic E-state index is 0.285. The number of aliphatic hydroxyl groups excluding tert-OH is 1. The van der Waals surface area contributed by atoms with E-state index >= 15 is 0 Å². The molecule has 2 aromatic carbocycles. The van der Waals surface area contributed by atoms with Gasteiger partial charge in [0.1, 0.15) is 0 Å². The van der Waals surface area contributed by atoms with Gasteiger partial charge in [-0.15, -0.1) is 0 Å². The molecule has 0 spiro atoms. The lowest BCUT2D eigenvalue weighted by atomic mass is 9.80. The highest BCUT2D eigenvalue weighted by Gasteiger charge is 2.38. The molecule has 0 amide bonds. The molecule has 1 saturated heterocycles. The van der Waals surface area contributed by atoms with Gasteiger partial charge in [0.2, 0.25) is 0 Å². The van der Waals surface area contributed by atoms with Crippen molar-refractivity contribution in [1.29, 1.82) is 0 Å². The third kappa shape index (κ3) is 2.77. The van der Waals surface area contributed by atoms with Crippen molar-refractivity contribution < 1.29 is 9.84 Å². The van der Waals surface area contributed by atoms with Crippen molar-refractivity contribution >= 4 is 0 Å². The van der Waals surface area contributed by atoms with Crippen molar-refractivity contribution in [2.24, 2.45) is 0 Å². The van der Waals surface area contributed by atoms with E-state index in [0.717, 1.165) is 18.4 Å². The first-order valence-corrected chi connectivity index (χ1v) is 7.20. The molecule has 0 bridgehead atoms. The number of hydrogen-bond donors (Lipinski definition) is 1. The van der Waals surface area contributed by atoms with E-state index in [-0.39, 0.29) is 6.10 Å². The average molecular weight is 268 g/mol. The molecule has 104 valence electrons. The van der Waals surface area contributed by atoms with Crippen LogP contribution in [0.4, 0.5) is 0 Å². The Morgan fingerprint density at radius 3 is 2.30 bits per heavy atom. The smallest absolute Gasteiger partial charge is 0.0996 e. The van der Waals surface area contributed by atoms with Crippen LogP contribution in [0, 0.1) is 0 Å². The molecule has 3 rings (SSSR count). The van der Waals surface area contributed by atoms with Gasteiger partial charge in [-0.25, -0.2) is 0 Å². The first-order valence-electron chi connectivity index (χ1n) is 7.20. The van der Waals surface area contributed by atoms with Gasteiger partial charge in [-0.05, 0) is 17.5 Å². The Labute approximate surface area is 120 Å². The third-order valence-electron chi connectivity index (χ3n) is 4.03.